The van der Waals surface area contributed by atoms with E-state index >= 15 is 0 Å². The number of carboxylic acids is 3. The molecule has 0 aliphatic heterocycles. The van der Waals surface area contributed by atoms with Gasteiger partial charge in [0.1, 0.15) is 30.8 Å². The van der Waals surface area contributed by atoms with E-state index in [-0.39, 0.29) is 13.1 Å². The number of rotatable bonds is 14. The summed E-state index contributed by atoms with van der Waals surface area (Å²) in [4.78, 5) is 43.4. The Bertz CT molecular complexity index is 807. The lowest BCUT2D eigenvalue weighted by molar-refractivity contribution is -0.139. The molecule has 0 saturated carbocycles. The molecule has 0 bridgehead atoms. The number of aliphatic carboxylic acids is 3. The highest BCUT2D eigenvalue weighted by atomic mass is 16.4. The third-order valence-electron chi connectivity index (χ3n) is 4.50. The van der Waals surface area contributed by atoms with Gasteiger partial charge < -0.3 is 30.2 Å². The number of hydrogen-bond acceptors (Lipinski definition) is 7. The van der Waals surface area contributed by atoms with Gasteiger partial charge in [-0.1, -0.05) is 6.42 Å². The summed E-state index contributed by atoms with van der Waals surface area (Å²) in [6.07, 6.45) is 7.79. The summed E-state index contributed by atoms with van der Waals surface area (Å²) in [5.74, 6) is -1.91. The lowest BCUT2D eigenvalue weighted by Gasteiger charge is -2.22. The topological polar surface area (TPSA) is 177 Å². The first-order valence-corrected chi connectivity index (χ1v) is 9.40. The summed E-state index contributed by atoms with van der Waals surface area (Å²) in [5.41, 5.74) is 5.53. The van der Waals surface area contributed by atoms with Crippen LogP contribution in [-0.4, -0.2) is 69.8 Å². The van der Waals surface area contributed by atoms with Crippen LogP contribution in [0.5, 0.6) is 0 Å². The Labute approximate surface area is 172 Å². The van der Waals surface area contributed by atoms with E-state index in [1.165, 1.54) is 21.5 Å². The smallest absolute Gasteiger partial charge is 0.323 e. The normalized spacial score (nSPS) is 12.2. The largest absolute Gasteiger partial charge is 0.480 e. The molecule has 12 nitrogen and oxygen atoms in total. The fourth-order valence-electron chi connectivity index (χ4n) is 3.00. The minimum Gasteiger partial charge on any atom is -0.480 e. The van der Waals surface area contributed by atoms with Gasteiger partial charge in [-0.15, -0.1) is 0 Å². The zero-order valence-corrected chi connectivity index (χ0v) is 16.4. The lowest BCUT2D eigenvalue weighted by atomic mass is 10.1. The number of nitrogens with zero attached hydrogens (tertiary/aromatic N) is 5. The zero-order chi connectivity index (χ0) is 22.1. The van der Waals surface area contributed by atoms with Crippen LogP contribution in [0.15, 0.2) is 24.8 Å². The molecule has 0 spiro atoms. The van der Waals surface area contributed by atoms with Gasteiger partial charge in [0.15, 0.2) is 0 Å². The van der Waals surface area contributed by atoms with Crippen molar-refractivity contribution >= 4 is 17.9 Å². The average molecular weight is 422 g/mol. The summed E-state index contributed by atoms with van der Waals surface area (Å²) in [6, 6.07) is -0.914. The molecule has 0 unspecified atom stereocenters. The maximum absolute atomic E-state index is 11.0. The van der Waals surface area contributed by atoms with Crippen molar-refractivity contribution in [2.24, 2.45) is 5.73 Å². The van der Waals surface area contributed by atoms with Crippen LogP contribution < -0.4 is 5.73 Å². The van der Waals surface area contributed by atoms with Crippen LogP contribution in [0.3, 0.4) is 0 Å². The molecule has 0 amide bonds. The van der Waals surface area contributed by atoms with Gasteiger partial charge >= 0.3 is 17.9 Å². The SMILES string of the molecule is N[C@@H](CCCCN(Cc1nccn1CC(=O)O)Cc1nccn1CC(=O)O)C(=O)O. The molecule has 2 aromatic rings. The number of unbranched alkanes of at least 4 members (excludes halogenated alkanes) is 1. The minimum atomic E-state index is -1.04. The highest BCUT2D eigenvalue weighted by molar-refractivity contribution is 5.72. The van der Waals surface area contributed by atoms with Crippen molar-refractivity contribution in [3.63, 3.8) is 0 Å². The van der Waals surface area contributed by atoms with Crippen molar-refractivity contribution < 1.29 is 29.7 Å². The molecular formula is C18H26N6O6. The predicted molar refractivity (Wildman–Crippen MR) is 103 cm³/mol. The Kier molecular flexibility index (Phi) is 8.50. The Hall–Kier alpha value is -3.25. The number of nitrogens with two attached hydrogens (primary N) is 1. The monoisotopic (exact) mass is 422 g/mol. The van der Waals surface area contributed by atoms with Crippen LogP contribution in [0.2, 0.25) is 0 Å². The van der Waals surface area contributed by atoms with E-state index in [0.29, 0.717) is 50.5 Å². The van der Waals surface area contributed by atoms with Crippen molar-refractivity contribution in [2.45, 2.75) is 51.5 Å². The summed E-state index contributed by atoms with van der Waals surface area (Å²) in [6.45, 7) is 0.761. The van der Waals surface area contributed by atoms with E-state index in [1.807, 2.05) is 4.90 Å². The van der Waals surface area contributed by atoms with Gasteiger partial charge in [-0.2, -0.15) is 0 Å². The average Bonchev–Trinajstić information content (AvgIpc) is 3.27. The fourth-order valence-corrected chi connectivity index (χ4v) is 3.00. The van der Waals surface area contributed by atoms with Crippen molar-refractivity contribution in [1.29, 1.82) is 0 Å². The summed E-state index contributed by atoms with van der Waals surface area (Å²) < 4.78 is 3.05. The molecule has 0 fully saturated rings. The first-order chi connectivity index (χ1) is 14.3. The van der Waals surface area contributed by atoms with Crippen molar-refractivity contribution in [2.75, 3.05) is 6.54 Å². The summed E-state index contributed by atoms with van der Waals surface area (Å²) >= 11 is 0. The quantitative estimate of drug-likeness (QED) is 0.299. The molecule has 0 radical (unpaired) electrons. The van der Waals surface area contributed by atoms with Gasteiger partial charge in [0.25, 0.3) is 0 Å². The van der Waals surface area contributed by atoms with Gasteiger partial charge in [-0.3, -0.25) is 19.3 Å². The van der Waals surface area contributed by atoms with E-state index in [4.69, 9.17) is 21.1 Å². The van der Waals surface area contributed by atoms with Crippen LogP contribution in [0.4, 0.5) is 0 Å². The molecule has 164 valence electrons. The molecule has 5 N–H and O–H groups in total. The van der Waals surface area contributed by atoms with Crippen LogP contribution in [0, 0.1) is 0 Å². The van der Waals surface area contributed by atoms with Crippen molar-refractivity contribution in [3.8, 4) is 0 Å². The Morgan fingerprint density at radius 2 is 1.43 bits per heavy atom. The fraction of sp³-hybridized carbons (Fsp3) is 0.500. The van der Waals surface area contributed by atoms with E-state index in [2.05, 4.69) is 9.97 Å². The van der Waals surface area contributed by atoms with E-state index < -0.39 is 23.9 Å². The molecule has 0 aromatic carbocycles. The first kappa shape index (κ1) is 23.0. The van der Waals surface area contributed by atoms with E-state index in [1.54, 1.807) is 12.4 Å². The van der Waals surface area contributed by atoms with Crippen LogP contribution >= 0.6 is 0 Å². The number of imidazole rings is 2. The molecule has 30 heavy (non-hydrogen) atoms. The summed E-state index contributed by atoms with van der Waals surface area (Å²) in [5, 5.41) is 27.0. The number of carboxylic acid groups (broad SMARTS) is 3. The second kappa shape index (κ2) is 11.1. The lowest BCUT2D eigenvalue weighted by Crippen LogP contribution is -2.31. The maximum Gasteiger partial charge on any atom is 0.323 e. The van der Waals surface area contributed by atoms with E-state index in [9.17, 15) is 14.4 Å². The van der Waals surface area contributed by atoms with Crippen LogP contribution in [0.1, 0.15) is 30.9 Å². The molecule has 2 heterocycles. The molecule has 0 saturated heterocycles. The van der Waals surface area contributed by atoms with Gasteiger partial charge in [0.2, 0.25) is 0 Å². The third-order valence-corrected chi connectivity index (χ3v) is 4.50. The highest BCUT2D eigenvalue weighted by Gasteiger charge is 2.17. The first-order valence-electron chi connectivity index (χ1n) is 9.40. The van der Waals surface area contributed by atoms with Gasteiger partial charge in [-0.25, -0.2) is 9.97 Å². The molecule has 1 atom stereocenters. The van der Waals surface area contributed by atoms with E-state index in [0.717, 1.165) is 0 Å². The predicted octanol–water partition coefficient (Wildman–Crippen LogP) is -0.167. The molecule has 12 heteroatoms. The Morgan fingerprint density at radius 3 is 1.87 bits per heavy atom. The minimum absolute atomic E-state index is 0.218. The van der Waals surface area contributed by atoms with Gasteiger partial charge in [-0.05, 0) is 19.4 Å². The Morgan fingerprint density at radius 1 is 0.933 bits per heavy atom. The highest BCUT2D eigenvalue weighted by Crippen LogP contribution is 2.11. The molecule has 2 rings (SSSR count). The molecule has 0 aliphatic carbocycles. The third kappa shape index (κ3) is 7.29. The molecule has 2 aromatic heterocycles. The van der Waals surface area contributed by atoms with Gasteiger partial charge in [0.05, 0.1) is 13.1 Å². The second-order valence-corrected chi connectivity index (χ2v) is 6.88. The Balaban J connectivity index is 2.07. The standard InChI is InChI=1S/C18H26N6O6/c19-13(18(29)30)3-1-2-6-22(9-14-20-4-7-23(14)11-16(25)26)10-15-21-5-8-24(15)12-17(27)28/h4-5,7-8,13H,1-3,6,9-12,19H2,(H,25,26)(H,27,28)(H,29,30)/t13-/m0/s1. The molecular weight excluding hydrogens is 396 g/mol. The van der Waals surface area contributed by atoms with Crippen molar-refractivity contribution in [3.05, 3.63) is 36.4 Å². The summed E-state index contributed by atoms with van der Waals surface area (Å²) in [7, 11) is 0. The zero-order valence-electron chi connectivity index (χ0n) is 16.4. The van der Waals surface area contributed by atoms with Crippen LogP contribution in [0.25, 0.3) is 0 Å². The molecule has 0 aliphatic rings. The maximum atomic E-state index is 11.0. The van der Waals surface area contributed by atoms with Gasteiger partial charge in [0, 0.05) is 24.8 Å². The number of hydrogen-bond donors (Lipinski definition) is 4. The van der Waals surface area contributed by atoms with Crippen LogP contribution in [-0.2, 0) is 40.6 Å². The number of aromatic nitrogens is 4. The number of carbonyl (C=O) groups is 3. The second-order valence-electron chi connectivity index (χ2n) is 6.88. The van der Waals surface area contributed by atoms with Crippen molar-refractivity contribution in [1.82, 2.24) is 24.0 Å².